The second kappa shape index (κ2) is 3.83. The molecular formula is C8H13F2N3. The summed E-state index contributed by atoms with van der Waals surface area (Å²) < 4.78 is 27.2. The SMILES string of the molecule is CCc1cncn1CC(F)(F)CN. The van der Waals surface area contributed by atoms with Crippen LogP contribution in [-0.4, -0.2) is 22.0 Å². The van der Waals surface area contributed by atoms with Crippen molar-refractivity contribution < 1.29 is 8.78 Å². The molecule has 0 saturated carbocycles. The summed E-state index contributed by atoms with van der Waals surface area (Å²) in [6, 6.07) is 0. The van der Waals surface area contributed by atoms with Crippen molar-refractivity contribution in [2.45, 2.75) is 25.8 Å². The lowest BCUT2D eigenvalue weighted by molar-refractivity contribution is -0.00725. The molecule has 0 aliphatic carbocycles. The van der Waals surface area contributed by atoms with Crippen LogP contribution >= 0.6 is 0 Å². The fraction of sp³-hybridized carbons (Fsp3) is 0.625. The molecule has 13 heavy (non-hydrogen) atoms. The predicted octanol–water partition coefficient (Wildman–Crippen LogP) is 1.04. The van der Waals surface area contributed by atoms with Gasteiger partial charge in [-0.2, -0.15) is 0 Å². The van der Waals surface area contributed by atoms with E-state index in [9.17, 15) is 8.78 Å². The van der Waals surface area contributed by atoms with E-state index in [0.717, 1.165) is 5.69 Å². The van der Waals surface area contributed by atoms with Gasteiger partial charge in [0.2, 0.25) is 0 Å². The van der Waals surface area contributed by atoms with Gasteiger partial charge in [0, 0.05) is 11.9 Å². The number of hydrogen-bond donors (Lipinski definition) is 1. The zero-order valence-electron chi connectivity index (χ0n) is 7.50. The maximum atomic E-state index is 12.9. The summed E-state index contributed by atoms with van der Waals surface area (Å²) in [4.78, 5) is 3.80. The number of nitrogens with two attached hydrogens (primary N) is 1. The molecule has 0 spiro atoms. The molecule has 1 heterocycles. The molecule has 1 aromatic heterocycles. The Balaban J connectivity index is 2.73. The lowest BCUT2D eigenvalue weighted by Crippen LogP contribution is -2.33. The predicted molar refractivity (Wildman–Crippen MR) is 45.6 cm³/mol. The number of rotatable bonds is 4. The summed E-state index contributed by atoms with van der Waals surface area (Å²) in [7, 11) is 0. The van der Waals surface area contributed by atoms with Gasteiger partial charge in [0.05, 0.1) is 19.4 Å². The maximum Gasteiger partial charge on any atom is 0.277 e. The third kappa shape index (κ3) is 2.48. The minimum absolute atomic E-state index is 0.382. The van der Waals surface area contributed by atoms with Crippen LogP contribution in [0.5, 0.6) is 0 Å². The van der Waals surface area contributed by atoms with Gasteiger partial charge >= 0.3 is 0 Å². The summed E-state index contributed by atoms with van der Waals surface area (Å²) in [6.45, 7) is 0.884. The normalized spacial score (nSPS) is 12.0. The first-order valence-corrected chi connectivity index (χ1v) is 4.16. The van der Waals surface area contributed by atoms with E-state index >= 15 is 0 Å². The monoisotopic (exact) mass is 189 g/mol. The van der Waals surface area contributed by atoms with Crippen molar-refractivity contribution in [2.75, 3.05) is 6.54 Å². The highest BCUT2D eigenvalue weighted by Gasteiger charge is 2.27. The van der Waals surface area contributed by atoms with Crippen LogP contribution in [0.1, 0.15) is 12.6 Å². The van der Waals surface area contributed by atoms with Gasteiger partial charge in [-0.1, -0.05) is 6.92 Å². The Morgan fingerprint density at radius 3 is 2.85 bits per heavy atom. The first-order chi connectivity index (χ1) is 6.09. The molecule has 0 amide bonds. The molecule has 0 saturated heterocycles. The van der Waals surface area contributed by atoms with Crippen LogP contribution in [-0.2, 0) is 13.0 Å². The van der Waals surface area contributed by atoms with Crippen molar-refractivity contribution in [3.05, 3.63) is 18.2 Å². The van der Waals surface area contributed by atoms with Gasteiger partial charge in [-0.05, 0) is 6.42 Å². The second-order valence-corrected chi connectivity index (χ2v) is 2.93. The summed E-state index contributed by atoms with van der Waals surface area (Å²) in [6.07, 6.45) is 3.69. The molecule has 0 aromatic carbocycles. The van der Waals surface area contributed by atoms with Gasteiger partial charge in [-0.3, -0.25) is 0 Å². The zero-order valence-corrected chi connectivity index (χ0v) is 7.50. The van der Waals surface area contributed by atoms with E-state index in [1.165, 1.54) is 10.9 Å². The molecule has 0 unspecified atom stereocenters. The summed E-state index contributed by atoms with van der Waals surface area (Å²) >= 11 is 0. The minimum Gasteiger partial charge on any atom is -0.329 e. The van der Waals surface area contributed by atoms with Crippen molar-refractivity contribution in [1.29, 1.82) is 0 Å². The Morgan fingerprint density at radius 2 is 2.31 bits per heavy atom. The Kier molecular flexibility index (Phi) is 2.98. The molecule has 1 rings (SSSR count). The molecule has 0 aliphatic heterocycles. The molecule has 0 aliphatic rings. The molecule has 0 bridgehead atoms. The third-order valence-electron chi connectivity index (χ3n) is 1.86. The van der Waals surface area contributed by atoms with Crippen molar-refractivity contribution in [2.24, 2.45) is 5.73 Å². The van der Waals surface area contributed by atoms with E-state index in [4.69, 9.17) is 5.73 Å². The van der Waals surface area contributed by atoms with Gasteiger partial charge in [0.25, 0.3) is 5.92 Å². The van der Waals surface area contributed by atoms with Crippen LogP contribution in [0.25, 0.3) is 0 Å². The highest BCUT2D eigenvalue weighted by Crippen LogP contribution is 2.15. The molecule has 0 atom stereocenters. The summed E-state index contributed by atoms with van der Waals surface area (Å²) in [5.74, 6) is -2.84. The van der Waals surface area contributed by atoms with Crippen LogP contribution in [0, 0.1) is 0 Å². The number of halogens is 2. The highest BCUT2D eigenvalue weighted by atomic mass is 19.3. The maximum absolute atomic E-state index is 12.9. The Hall–Kier alpha value is -0.970. The Labute approximate surface area is 75.6 Å². The number of aromatic nitrogens is 2. The van der Waals surface area contributed by atoms with E-state index in [1.54, 1.807) is 6.20 Å². The van der Waals surface area contributed by atoms with Gasteiger partial charge in [-0.15, -0.1) is 0 Å². The standard InChI is InChI=1S/C8H13F2N3/c1-2-7-3-12-6-13(7)5-8(9,10)4-11/h3,6H,2,4-5,11H2,1H3. The number of hydrogen-bond acceptors (Lipinski definition) is 2. The summed E-state index contributed by atoms with van der Waals surface area (Å²) in [5, 5.41) is 0. The van der Waals surface area contributed by atoms with Gasteiger partial charge in [0.15, 0.2) is 0 Å². The van der Waals surface area contributed by atoms with Gasteiger partial charge in [0.1, 0.15) is 0 Å². The van der Waals surface area contributed by atoms with Crippen molar-refractivity contribution in [1.82, 2.24) is 9.55 Å². The van der Waals surface area contributed by atoms with E-state index in [1.807, 2.05) is 6.92 Å². The quantitative estimate of drug-likeness (QED) is 0.769. The average molecular weight is 189 g/mol. The van der Waals surface area contributed by atoms with Crippen molar-refractivity contribution in [3.63, 3.8) is 0 Å². The number of imidazole rings is 1. The van der Waals surface area contributed by atoms with Crippen LogP contribution in [0.15, 0.2) is 12.5 Å². The lowest BCUT2D eigenvalue weighted by atomic mass is 10.3. The van der Waals surface area contributed by atoms with Gasteiger partial charge < -0.3 is 10.3 Å². The zero-order chi connectivity index (χ0) is 9.90. The van der Waals surface area contributed by atoms with Crippen molar-refractivity contribution in [3.8, 4) is 0 Å². The molecule has 0 fully saturated rings. The molecule has 3 nitrogen and oxygen atoms in total. The minimum atomic E-state index is -2.84. The van der Waals surface area contributed by atoms with Crippen LogP contribution in [0.4, 0.5) is 8.78 Å². The van der Waals surface area contributed by atoms with Crippen LogP contribution in [0.2, 0.25) is 0 Å². The Bertz CT molecular complexity index is 270. The van der Waals surface area contributed by atoms with E-state index in [0.29, 0.717) is 6.42 Å². The van der Waals surface area contributed by atoms with E-state index in [2.05, 4.69) is 4.98 Å². The molecule has 1 aromatic rings. The lowest BCUT2D eigenvalue weighted by Gasteiger charge is -2.15. The number of nitrogens with zero attached hydrogens (tertiary/aromatic N) is 2. The van der Waals surface area contributed by atoms with E-state index < -0.39 is 12.5 Å². The number of alkyl halides is 2. The Morgan fingerprint density at radius 1 is 1.62 bits per heavy atom. The molecular weight excluding hydrogens is 176 g/mol. The topological polar surface area (TPSA) is 43.8 Å². The largest absolute Gasteiger partial charge is 0.329 e. The average Bonchev–Trinajstić information content (AvgIpc) is 2.51. The van der Waals surface area contributed by atoms with Crippen molar-refractivity contribution >= 4 is 0 Å². The number of aryl methyl sites for hydroxylation is 1. The molecule has 2 N–H and O–H groups in total. The second-order valence-electron chi connectivity index (χ2n) is 2.93. The first-order valence-electron chi connectivity index (χ1n) is 4.16. The van der Waals surface area contributed by atoms with E-state index in [-0.39, 0.29) is 6.54 Å². The van der Waals surface area contributed by atoms with Gasteiger partial charge in [-0.25, -0.2) is 13.8 Å². The molecule has 5 heteroatoms. The van der Waals surface area contributed by atoms with Crippen LogP contribution in [0.3, 0.4) is 0 Å². The first kappa shape index (κ1) is 10.1. The van der Waals surface area contributed by atoms with Crippen LogP contribution < -0.4 is 5.73 Å². The molecule has 0 radical (unpaired) electrons. The third-order valence-corrected chi connectivity index (χ3v) is 1.86. The highest BCUT2D eigenvalue weighted by molar-refractivity contribution is 4.98. The molecule has 74 valence electrons. The summed E-state index contributed by atoms with van der Waals surface area (Å²) in [5.41, 5.74) is 5.73. The fourth-order valence-electron chi connectivity index (χ4n) is 1.10. The smallest absolute Gasteiger partial charge is 0.277 e. The fourth-order valence-corrected chi connectivity index (χ4v) is 1.10.